The van der Waals surface area contributed by atoms with E-state index >= 15 is 0 Å². The number of benzene rings is 1. The summed E-state index contributed by atoms with van der Waals surface area (Å²) in [6, 6.07) is 3.76. The van der Waals surface area contributed by atoms with Gasteiger partial charge in [-0.3, -0.25) is 0 Å². The summed E-state index contributed by atoms with van der Waals surface area (Å²) in [5, 5.41) is 10.2. The van der Waals surface area contributed by atoms with Crippen molar-refractivity contribution < 1.29 is 18.3 Å². The number of aliphatic hydroxyl groups excluding tert-OH is 1. The van der Waals surface area contributed by atoms with Crippen LogP contribution in [0, 0.1) is 11.8 Å². The highest BCUT2D eigenvalue weighted by Gasteiger charge is 2.37. The second kappa shape index (κ2) is 6.24. The number of alkyl halides is 3. The zero-order chi connectivity index (χ0) is 14.8. The Hall–Kier alpha value is -0.590. The monoisotopic (exact) mass is 339 g/mol. The molecule has 0 spiro atoms. The first-order valence-electron chi connectivity index (χ1n) is 5.93. The van der Waals surface area contributed by atoms with Crippen LogP contribution in [0.2, 0.25) is 0 Å². The van der Waals surface area contributed by atoms with E-state index in [-0.39, 0.29) is 18.0 Å². The van der Waals surface area contributed by atoms with E-state index in [2.05, 4.69) is 15.9 Å². The van der Waals surface area contributed by atoms with Crippen molar-refractivity contribution in [3.63, 3.8) is 0 Å². The van der Waals surface area contributed by atoms with E-state index in [9.17, 15) is 18.3 Å². The van der Waals surface area contributed by atoms with Gasteiger partial charge in [0.25, 0.3) is 0 Å². The second-order valence-electron chi connectivity index (χ2n) is 4.82. The average molecular weight is 340 g/mol. The van der Waals surface area contributed by atoms with E-state index in [0.717, 1.165) is 6.07 Å². The van der Waals surface area contributed by atoms with Crippen molar-refractivity contribution in [3.8, 4) is 0 Å². The molecule has 108 valence electrons. The highest BCUT2D eigenvalue weighted by atomic mass is 79.9. The molecule has 0 radical (unpaired) electrons. The predicted molar refractivity (Wildman–Crippen MR) is 71.5 cm³/mol. The molecule has 3 N–H and O–H groups in total. The minimum absolute atomic E-state index is 0.00951. The normalized spacial score (nSPS) is 15.6. The van der Waals surface area contributed by atoms with Crippen LogP contribution >= 0.6 is 15.9 Å². The molecule has 1 aromatic rings. The van der Waals surface area contributed by atoms with Crippen LogP contribution in [0.25, 0.3) is 0 Å². The van der Waals surface area contributed by atoms with Crippen molar-refractivity contribution in [1.29, 1.82) is 0 Å². The maximum absolute atomic E-state index is 13.0. The third-order valence-electron chi connectivity index (χ3n) is 3.17. The minimum Gasteiger partial charge on any atom is -0.388 e. The molecule has 2 nitrogen and oxygen atoms in total. The third-order valence-corrected chi connectivity index (χ3v) is 3.67. The van der Waals surface area contributed by atoms with Gasteiger partial charge in [-0.1, -0.05) is 35.8 Å². The fourth-order valence-corrected chi connectivity index (χ4v) is 2.39. The van der Waals surface area contributed by atoms with E-state index < -0.39 is 23.8 Å². The summed E-state index contributed by atoms with van der Waals surface area (Å²) in [5.41, 5.74) is 4.60. The molecule has 0 fully saturated rings. The lowest BCUT2D eigenvalue weighted by atomic mass is 9.85. The Labute approximate surface area is 118 Å². The van der Waals surface area contributed by atoms with Crippen molar-refractivity contribution >= 4 is 15.9 Å². The molecule has 0 heterocycles. The first-order valence-corrected chi connectivity index (χ1v) is 6.72. The molecule has 0 saturated heterocycles. The molecule has 0 aliphatic carbocycles. The van der Waals surface area contributed by atoms with Crippen molar-refractivity contribution in [1.82, 2.24) is 0 Å². The summed E-state index contributed by atoms with van der Waals surface area (Å²) in [6.45, 7) is 3.78. The molecule has 19 heavy (non-hydrogen) atoms. The molecular weight excluding hydrogens is 323 g/mol. The number of rotatable bonds is 4. The Morgan fingerprint density at radius 3 is 2.32 bits per heavy atom. The van der Waals surface area contributed by atoms with Crippen molar-refractivity contribution in [2.75, 3.05) is 6.54 Å². The molecular formula is C13H17BrF3NO. The Morgan fingerprint density at radius 2 is 1.89 bits per heavy atom. The van der Waals surface area contributed by atoms with Gasteiger partial charge in [-0.2, -0.15) is 13.2 Å². The first-order chi connectivity index (χ1) is 8.68. The van der Waals surface area contributed by atoms with Gasteiger partial charge in [0, 0.05) is 10.4 Å². The standard InChI is InChI=1S/C13H17BrF3NO/c1-7(2)10(6-18)12(19)9-4-3-8(14)5-11(9)13(15,16)17/h3-5,7,10,12,19H,6,18H2,1-2H3. The number of nitrogens with two attached hydrogens (primary N) is 1. The Bertz CT molecular complexity index is 434. The summed E-state index contributed by atoms with van der Waals surface area (Å²) in [6.07, 6.45) is -5.73. The molecule has 0 saturated carbocycles. The van der Waals surface area contributed by atoms with E-state index in [1.165, 1.54) is 12.1 Å². The smallest absolute Gasteiger partial charge is 0.388 e. The van der Waals surface area contributed by atoms with Crippen LogP contribution < -0.4 is 5.73 Å². The predicted octanol–water partition coefficient (Wildman–Crippen LogP) is 3.73. The average Bonchev–Trinajstić information content (AvgIpc) is 2.27. The van der Waals surface area contributed by atoms with Gasteiger partial charge >= 0.3 is 6.18 Å². The number of aliphatic hydroxyl groups is 1. The van der Waals surface area contributed by atoms with E-state index in [4.69, 9.17) is 5.73 Å². The maximum atomic E-state index is 13.0. The van der Waals surface area contributed by atoms with E-state index in [0.29, 0.717) is 4.47 Å². The molecule has 1 rings (SSSR count). The third kappa shape index (κ3) is 3.94. The minimum atomic E-state index is -4.50. The van der Waals surface area contributed by atoms with Crippen molar-refractivity contribution in [3.05, 3.63) is 33.8 Å². The maximum Gasteiger partial charge on any atom is 0.416 e. The topological polar surface area (TPSA) is 46.2 Å². The zero-order valence-electron chi connectivity index (χ0n) is 10.7. The number of hydrogen-bond donors (Lipinski definition) is 2. The lowest BCUT2D eigenvalue weighted by molar-refractivity contribution is -0.139. The first kappa shape index (κ1) is 16.5. The Kier molecular flexibility index (Phi) is 5.41. The van der Waals surface area contributed by atoms with Crippen LogP contribution in [0.15, 0.2) is 22.7 Å². The molecule has 0 bridgehead atoms. The largest absolute Gasteiger partial charge is 0.416 e. The van der Waals surface area contributed by atoms with Crippen molar-refractivity contribution in [2.24, 2.45) is 17.6 Å². The van der Waals surface area contributed by atoms with E-state index in [1.54, 1.807) is 0 Å². The summed E-state index contributed by atoms with van der Waals surface area (Å²) in [5.74, 6) is -0.424. The Balaban J connectivity index is 3.26. The summed E-state index contributed by atoms with van der Waals surface area (Å²) in [4.78, 5) is 0. The molecule has 0 aromatic heterocycles. The van der Waals surface area contributed by atoms with Crippen molar-refractivity contribution in [2.45, 2.75) is 26.1 Å². The quantitative estimate of drug-likeness (QED) is 0.877. The summed E-state index contributed by atoms with van der Waals surface area (Å²) < 4.78 is 39.3. The van der Waals surface area contributed by atoms with Crippen LogP contribution in [0.3, 0.4) is 0 Å². The van der Waals surface area contributed by atoms with Crippen LogP contribution in [0.5, 0.6) is 0 Å². The summed E-state index contributed by atoms with van der Waals surface area (Å²) >= 11 is 3.01. The van der Waals surface area contributed by atoms with Gasteiger partial charge in [0.1, 0.15) is 0 Å². The molecule has 0 aliphatic rings. The molecule has 2 atom stereocenters. The lowest BCUT2D eigenvalue weighted by Gasteiger charge is -2.27. The van der Waals surface area contributed by atoms with Gasteiger partial charge in [-0.15, -0.1) is 0 Å². The van der Waals surface area contributed by atoms with Crippen LogP contribution in [0.4, 0.5) is 13.2 Å². The highest BCUT2D eigenvalue weighted by Crippen LogP contribution is 2.39. The van der Waals surface area contributed by atoms with Crippen LogP contribution in [-0.4, -0.2) is 11.7 Å². The van der Waals surface area contributed by atoms with Gasteiger partial charge in [0.2, 0.25) is 0 Å². The molecule has 0 aliphatic heterocycles. The molecule has 1 aromatic carbocycles. The molecule has 2 unspecified atom stereocenters. The fraction of sp³-hybridized carbons (Fsp3) is 0.538. The zero-order valence-corrected chi connectivity index (χ0v) is 12.3. The highest BCUT2D eigenvalue weighted by molar-refractivity contribution is 9.10. The van der Waals surface area contributed by atoms with Crippen LogP contribution in [-0.2, 0) is 6.18 Å². The SMILES string of the molecule is CC(C)C(CN)C(O)c1ccc(Br)cc1C(F)(F)F. The number of hydrogen-bond acceptors (Lipinski definition) is 2. The van der Waals surface area contributed by atoms with Crippen LogP contribution in [0.1, 0.15) is 31.1 Å². The van der Waals surface area contributed by atoms with Gasteiger partial charge < -0.3 is 10.8 Å². The lowest BCUT2D eigenvalue weighted by Crippen LogP contribution is -2.28. The van der Waals surface area contributed by atoms with E-state index in [1.807, 2.05) is 13.8 Å². The number of halogens is 4. The second-order valence-corrected chi connectivity index (χ2v) is 5.73. The van der Waals surface area contributed by atoms with Gasteiger partial charge in [0.05, 0.1) is 11.7 Å². The van der Waals surface area contributed by atoms with Gasteiger partial charge in [-0.25, -0.2) is 0 Å². The fourth-order valence-electron chi connectivity index (χ4n) is 2.03. The molecule has 6 heteroatoms. The Morgan fingerprint density at radius 1 is 1.32 bits per heavy atom. The van der Waals surface area contributed by atoms with Gasteiger partial charge in [-0.05, 0) is 30.2 Å². The summed E-state index contributed by atoms with van der Waals surface area (Å²) in [7, 11) is 0. The molecule has 0 amide bonds. The van der Waals surface area contributed by atoms with Gasteiger partial charge in [0.15, 0.2) is 0 Å².